The zero-order valence-electron chi connectivity index (χ0n) is 21.1. The lowest BCUT2D eigenvalue weighted by Crippen LogP contribution is -2.25. The van der Waals surface area contributed by atoms with Crippen molar-refractivity contribution in [3.8, 4) is 5.75 Å². The van der Waals surface area contributed by atoms with Gasteiger partial charge in [-0.15, -0.1) is 0 Å². The van der Waals surface area contributed by atoms with Crippen LogP contribution in [0.3, 0.4) is 0 Å². The number of anilines is 1. The Morgan fingerprint density at radius 2 is 1.34 bits per heavy atom. The highest BCUT2D eigenvalue weighted by molar-refractivity contribution is 7.81. The molecule has 7 nitrogen and oxygen atoms in total. The van der Waals surface area contributed by atoms with Gasteiger partial charge in [-0.2, -0.15) is 8.42 Å². The number of rotatable bonds is 18. The molecule has 0 radical (unpaired) electrons. The molecule has 0 bridgehead atoms. The van der Waals surface area contributed by atoms with Gasteiger partial charge in [0.05, 0.1) is 5.56 Å². The van der Waals surface area contributed by atoms with Gasteiger partial charge in [-0.1, -0.05) is 115 Å². The molecule has 35 heavy (non-hydrogen) atoms. The van der Waals surface area contributed by atoms with Crippen molar-refractivity contribution >= 4 is 32.8 Å². The second-order valence-corrected chi connectivity index (χ2v) is 10.3. The molecule has 0 spiro atoms. The summed E-state index contributed by atoms with van der Waals surface area (Å²) >= 11 is 0. The van der Waals surface area contributed by atoms with Gasteiger partial charge in [-0.25, -0.2) is 0 Å². The molecule has 2 aromatic carbocycles. The van der Waals surface area contributed by atoms with Crippen LogP contribution in [-0.4, -0.2) is 25.4 Å². The van der Waals surface area contributed by atoms with E-state index < -0.39 is 16.3 Å². The lowest BCUT2D eigenvalue weighted by molar-refractivity contribution is 0.0951. The molecular formula is C27H42N2O5S. The molecule has 0 fully saturated rings. The van der Waals surface area contributed by atoms with Crippen LogP contribution < -0.4 is 15.2 Å². The Morgan fingerprint density at radius 3 is 1.86 bits per heavy atom. The number of carbonyl (C=O) groups excluding carboxylic acids is 1. The highest BCUT2D eigenvalue weighted by atomic mass is 32.3. The molecule has 0 unspecified atom stereocenters. The molecule has 0 heterocycles. The highest BCUT2D eigenvalue weighted by Gasteiger charge is 2.21. The average Bonchev–Trinajstić information content (AvgIpc) is 2.82. The fourth-order valence-electron chi connectivity index (χ4n) is 4.36. The summed E-state index contributed by atoms with van der Waals surface area (Å²) in [4.78, 5) is 12.8. The van der Waals surface area contributed by atoms with Crippen molar-refractivity contribution in [3.63, 3.8) is 0 Å². The van der Waals surface area contributed by atoms with E-state index in [4.69, 9.17) is 9.92 Å². The van der Waals surface area contributed by atoms with Crippen LogP contribution in [0.2, 0.25) is 0 Å². The number of fused-ring (bicyclic) bond motifs is 1. The summed E-state index contributed by atoms with van der Waals surface area (Å²) < 4.78 is 36.7. The van der Waals surface area contributed by atoms with Gasteiger partial charge in [-0.3, -0.25) is 9.35 Å². The van der Waals surface area contributed by atoms with Gasteiger partial charge in [-0.05, 0) is 12.5 Å². The van der Waals surface area contributed by atoms with E-state index in [1.165, 1.54) is 76.7 Å². The third-order valence-corrected chi connectivity index (χ3v) is 6.65. The molecule has 2 aromatic rings. The maximum absolute atomic E-state index is 12.8. The summed E-state index contributed by atoms with van der Waals surface area (Å²) in [5, 5.41) is 3.69. The van der Waals surface area contributed by atoms with Crippen LogP contribution in [0.1, 0.15) is 107 Å². The minimum absolute atomic E-state index is 0.0239. The summed E-state index contributed by atoms with van der Waals surface area (Å²) in [5.74, 6) is -0.716. The number of unbranched alkanes of at least 4 members (excludes halogenated alkanes) is 13. The number of nitrogen functional groups attached to an aromatic ring is 1. The molecule has 0 aliphatic heterocycles. The summed E-state index contributed by atoms with van der Waals surface area (Å²) in [6.45, 7) is 2.72. The Morgan fingerprint density at radius 1 is 0.857 bits per heavy atom. The summed E-state index contributed by atoms with van der Waals surface area (Å²) in [6, 6.07) is 8.08. The molecule has 0 saturated carbocycles. The zero-order valence-corrected chi connectivity index (χ0v) is 21.9. The van der Waals surface area contributed by atoms with Crippen LogP contribution in [0.4, 0.5) is 5.69 Å². The van der Waals surface area contributed by atoms with Crippen molar-refractivity contribution in [2.45, 2.75) is 96.8 Å². The average molecular weight is 507 g/mol. The maximum Gasteiger partial charge on any atom is 0.446 e. The topological polar surface area (TPSA) is 119 Å². The molecule has 8 heteroatoms. The number of carbonyl (C=O) groups is 1. The predicted octanol–water partition coefficient (Wildman–Crippen LogP) is 6.81. The number of hydrogen-bond acceptors (Lipinski definition) is 5. The first-order chi connectivity index (χ1) is 16.8. The Kier molecular flexibility index (Phi) is 12.9. The van der Waals surface area contributed by atoms with Crippen molar-refractivity contribution in [2.24, 2.45) is 0 Å². The molecule has 196 valence electrons. The van der Waals surface area contributed by atoms with Crippen LogP contribution in [-0.2, 0) is 10.4 Å². The Bertz CT molecular complexity index is 1020. The van der Waals surface area contributed by atoms with Crippen molar-refractivity contribution < 1.29 is 21.9 Å². The molecule has 0 aliphatic rings. The molecule has 2 rings (SSSR count). The van der Waals surface area contributed by atoms with Crippen LogP contribution in [0.25, 0.3) is 10.8 Å². The molecular weight excluding hydrogens is 464 g/mol. The minimum atomic E-state index is -4.81. The fraction of sp³-hybridized carbons (Fsp3) is 0.593. The maximum atomic E-state index is 12.8. The summed E-state index contributed by atoms with van der Waals surface area (Å²) in [7, 11) is -4.81. The van der Waals surface area contributed by atoms with Crippen LogP contribution in [0.5, 0.6) is 5.75 Å². The smallest absolute Gasteiger partial charge is 0.398 e. The first-order valence-corrected chi connectivity index (χ1v) is 14.5. The first kappa shape index (κ1) is 28.9. The fourth-order valence-corrected chi connectivity index (χ4v) is 4.75. The van der Waals surface area contributed by atoms with Gasteiger partial charge in [0.2, 0.25) is 0 Å². The number of benzene rings is 2. The van der Waals surface area contributed by atoms with E-state index in [0.717, 1.165) is 19.3 Å². The highest BCUT2D eigenvalue weighted by Crippen LogP contribution is 2.35. The zero-order chi connectivity index (χ0) is 25.5. The van der Waals surface area contributed by atoms with Crippen molar-refractivity contribution in [2.75, 3.05) is 12.3 Å². The van der Waals surface area contributed by atoms with Crippen molar-refractivity contribution in [1.82, 2.24) is 5.32 Å². The van der Waals surface area contributed by atoms with E-state index in [-0.39, 0.29) is 11.3 Å². The standard InChI is InChI=1S/C27H42N2O5S/c1-2-3-4-5-6-7-8-9-10-11-12-13-14-17-20-29-27(30)24-21-25(28)22-18-15-16-19-23(22)26(24)34-35(31,32)33/h15-16,18-19,21H,2-14,17,20,28H2,1H3,(H,29,30)(H,31,32,33). The third kappa shape index (κ3) is 10.9. The van der Waals surface area contributed by atoms with Crippen LogP contribution in [0, 0.1) is 0 Å². The van der Waals surface area contributed by atoms with Crippen LogP contribution >= 0.6 is 0 Å². The first-order valence-electron chi connectivity index (χ1n) is 13.1. The monoisotopic (exact) mass is 506 g/mol. The number of nitrogens with one attached hydrogen (secondary N) is 1. The van der Waals surface area contributed by atoms with E-state index in [1.807, 2.05) is 0 Å². The number of amides is 1. The molecule has 0 aromatic heterocycles. The minimum Gasteiger partial charge on any atom is -0.398 e. The second kappa shape index (κ2) is 15.6. The normalized spacial score (nSPS) is 11.6. The van der Waals surface area contributed by atoms with Gasteiger partial charge in [0.1, 0.15) is 0 Å². The van der Waals surface area contributed by atoms with E-state index in [1.54, 1.807) is 24.3 Å². The lowest BCUT2D eigenvalue weighted by atomic mass is 10.0. The Hall–Kier alpha value is -2.32. The molecule has 0 aliphatic carbocycles. The SMILES string of the molecule is CCCCCCCCCCCCCCCCNC(=O)c1cc(N)c2ccccc2c1OS(=O)(=O)O. The molecule has 0 atom stereocenters. The Labute approximate surface area is 210 Å². The summed E-state index contributed by atoms with van der Waals surface area (Å²) in [6.07, 6.45) is 17.6. The van der Waals surface area contributed by atoms with Crippen molar-refractivity contribution in [3.05, 3.63) is 35.9 Å². The molecule has 0 saturated heterocycles. The van der Waals surface area contributed by atoms with Crippen molar-refractivity contribution in [1.29, 1.82) is 0 Å². The lowest BCUT2D eigenvalue weighted by Gasteiger charge is -2.14. The molecule has 1 amide bonds. The van der Waals surface area contributed by atoms with E-state index >= 15 is 0 Å². The van der Waals surface area contributed by atoms with E-state index in [2.05, 4.69) is 12.2 Å². The van der Waals surface area contributed by atoms with E-state index in [0.29, 0.717) is 23.0 Å². The van der Waals surface area contributed by atoms with Crippen LogP contribution in [0.15, 0.2) is 30.3 Å². The van der Waals surface area contributed by atoms with Gasteiger partial charge < -0.3 is 15.2 Å². The Balaban J connectivity index is 1.69. The van der Waals surface area contributed by atoms with E-state index in [9.17, 15) is 17.8 Å². The predicted molar refractivity (Wildman–Crippen MR) is 143 cm³/mol. The number of hydrogen-bond donors (Lipinski definition) is 3. The van der Waals surface area contributed by atoms with Gasteiger partial charge in [0.15, 0.2) is 5.75 Å². The number of nitrogens with two attached hydrogens (primary N) is 1. The van der Waals surface area contributed by atoms with Gasteiger partial charge >= 0.3 is 10.4 Å². The second-order valence-electron chi connectivity index (χ2n) is 9.25. The largest absolute Gasteiger partial charge is 0.446 e. The van der Waals surface area contributed by atoms with Gasteiger partial charge in [0.25, 0.3) is 5.91 Å². The summed E-state index contributed by atoms with van der Waals surface area (Å²) in [5.41, 5.74) is 6.37. The molecule has 4 N–H and O–H groups in total. The third-order valence-electron chi connectivity index (χ3n) is 6.28. The van der Waals surface area contributed by atoms with Gasteiger partial charge in [0, 0.05) is 23.0 Å². The quantitative estimate of drug-likeness (QED) is 0.116.